The number of hydrogen-bond donors (Lipinski definition) is 2. The molecule has 12 heavy (non-hydrogen) atoms. The molecule has 0 saturated heterocycles. The summed E-state index contributed by atoms with van der Waals surface area (Å²) in [6, 6.07) is 1.98. The normalized spacial score (nSPS) is 10.8. The fourth-order valence-electron chi connectivity index (χ4n) is 1.19. The molecule has 0 fully saturated rings. The highest BCUT2D eigenvalue weighted by Gasteiger charge is 2.03. The van der Waals surface area contributed by atoms with Crippen LogP contribution in [0.2, 0.25) is 0 Å². The van der Waals surface area contributed by atoms with Crippen molar-refractivity contribution in [2.24, 2.45) is 5.73 Å². The van der Waals surface area contributed by atoms with Gasteiger partial charge in [0.15, 0.2) is 0 Å². The molecule has 2 aromatic heterocycles. The average Bonchev–Trinajstić information content (AvgIpc) is 2.46. The summed E-state index contributed by atoms with van der Waals surface area (Å²) < 4.78 is 0. The Labute approximate surface area is 69.8 Å². The summed E-state index contributed by atoms with van der Waals surface area (Å²) in [7, 11) is 0. The molecule has 0 aliphatic carbocycles. The van der Waals surface area contributed by atoms with Crippen LogP contribution in [0.3, 0.4) is 0 Å². The van der Waals surface area contributed by atoms with Gasteiger partial charge in [-0.3, -0.25) is 10.1 Å². The highest BCUT2D eigenvalue weighted by atomic mass is 15.1. The Morgan fingerprint density at radius 3 is 3.17 bits per heavy atom. The van der Waals surface area contributed by atoms with Crippen molar-refractivity contribution in [2.75, 3.05) is 0 Å². The van der Waals surface area contributed by atoms with Crippen LogP contribution in [0, 0.1) is 6.92 Å². The first kappa shape index (κ1) is 7.24. The van der Waals surface area contributed by atoms with Crippen molar-refractivity contribution >= 4 is 11.0 Å². The third-order valence-corrected chi connectivity index (χ3v) is 1.81. The molecule has 4 nitrogen and oxygen atoms in total. The largest absolute Gasteiger partial charge is 0.325 e. The standard InChI is InChI=1S/C8H10N4/c1-5-2-6-8(10-4-5)7(3-9)12-11-6/h2,4H,3,9H2,1H3,(H,11,12). The van der Waals surface area contributed by atoms with Gasteiger partial charge in [0.2, 0.25) is 0 Å². The lowest BCUT2D eigenvalue weighted by molar-refractivity contribution is 0.956. The number of hydrogen-bond acceptors (Lipinski definition) is 3. The van der Waals surface area contributed by atoms with Crippen LogP contribution in [-0.4, -0.2) is 15.2 Å². The first-order chi connectivity index (χ1) is 5.81. The van der Waals surface area contributed by atoms with Gasteiger partial charge in [-0.25, -0.2) is 0 Å². The van der Waals surface area contributed by atoms with Gasteiger partial charge >= 0.3 is 0 Å². The second-order valence-corrected chi connectivity index (χ2v) is 2.79. The van der Waals surface area contributed by atoms with Gasteiger partial charge in [0.25, 0.3) is 0 Å². The van der Waals surface area contributed by atoms with Gasteiger partial charge in [-0.15, -0.1) is 0 Å². The molecule has 62 valence electrons. The molecule has 3 N–H and O–H groups in total. The second-order valence-electron chi connectivity index (χ2n) is 2.79. The maximum absolute atomic E-state index is 5.49. The topological polar surface area (TPSA) is 67.6 Å². The molecule has 0 amide bonds. The van der Waals surface area contributed by atoms with E-state index in [0.29, 0.717) is 6.54 Å². The number of nitrogens with zero attached hydrogens (tertiary/aromatic N) is 2. The minimum absolute atomic E-state index is 0.451. The van der Waals surface area contributed by atoms with Crippen LogP contribution < -0.4 is 5.73 Å². The molecule has 4 heteroatoms. The molecule has 2 aromatic rings. The third kappa shape index (κ3) is 0.967. The summed E-state index contributed by atoms with van der Waals surface area (Å²) >= 11 is 0. The maximum Gasteiger partial charge on any atom is 0.113 e. The van der Waals surface area contributed by atoms with Crippen molar-refractivity contribution in [1.82, 2.24) is 15.2 Å². The summed E-state index contributed by atoms with van der Waals surface area (Å²) in [6.07, 6.45) is 1.82. The number of aromatic nitrogens is 3. The van der Waals surface area contributed by atoms with Crippen molar-refractivity contribution in [2.45, 2.75) is 13.5 Å². The lowest BCUT2D eigenvalue weighted by Gasteiger charge is -1.92. The highest BCUT2D eigenvalue weighted by molar-refractivity contribution is 5.76. The molecule has 0 saturated carbocycles. The lowest BCUT2D eigenvalue weighted by atomic mass is 10.2. The first-order valence-electron chi connectivity index (χ1n) is 3.81. The number of pyridine rings is 1. The average molecular weight is 162 g/mol. The molecule has 2 heterocycles. The van der Waals surface area contributed by atoms with Gasteiger partial charge < -0.3 is 5.73 Å². The van der Waals surface area contributed by atoms with E-state index in [9.17, 15) is 0 Å². The number of H-pyrrole nitrogens is 1. The Bertz CT molecular complexity index is 404. The van der Waals surface area contributed by atoms with E-state index in [2.05, 4.69) is 15.2 Å². The van der Waals surface area contributed by atoms with Crippen LogP contribution in [0.1, 0.15) is 11.3 Å². The summed E-state index contributed by atoms with van der Waals surface area (Å²) in [5.41, 5.74) is 9.25. The van der Waals surface area contributed by atoms with Crippen LogP contribution in [-0.2, 0) is 6.54 Å². The number of aromatic amines is 1. The summed E-state index contributed by atoms with van der Waals surface area (Å²) in [5, 5.41) is 6.94. The van der Waals surface area contributed by atoms with E-state index < -0.39 is 0 Å². The molecular weight excluding hydrogens is 152 g/mol. The first-order valence-corrected chi connectivity index (χ1v) is 3.81. The maximum atomic E-state index is 5.49. The summed E-state index contributed by atoms with van der Waals surface area (Å²) in [6.45, 7) is 2.44. The van der Waals surface area contributed by atoms with Gasteiger partial charge in [-0.05, 0) is 18.6 Å². The zero-order valence-corrected chi connectivity index (χ0v) is 6.83. The van der Waals surface area contributed by atoms with E-state index in [-0.39, 0.29) is 0 Å². The molecule has 0 unspecified atom stereocenters. The van der Waals surface area contributed by atoms with Crippen LogP contribution in [0.4, 0.5) is 0 Å². The summed E-state index contributed by atoms with van der Waals surface area (Å²) in [5.74, 6) is 0. The molecule has 0 bridgehead atoms. The van der Waals surface area contributed by atoms with E-state index in [1.165, 1.54) is 0 Å². The molecule has 0 aliphatic rings. The van der Waals surface area contributed by atoms with E-state index in [1.807, 2.05) is 19.2 Å². The minimum Gasteiger partial charge on any atom is -0.325 e. The van der Waals surface area contributed by atoms with Crippen molar-refractivity contribution < 1.29 is 0 Å². The van der Waals surface area contributed by atoms with Gasteiger partial charge in [0.1, 0.15) is 11.0 Å². The number of aryl methyl sites for hydroxylation is 1. The molecular formula is C8H10N4. The quantitative estimate of drug-likeness (QED) is 0.649. The van der Waals surface area contributed by atoms with E-state index in [4.69, 9.17) is 5.73 Å². The molecule has 0 aromatic carbocycles. The van der Waals surface area contributed by atoms with Gasteiger partial charge in [0.05, 0.1) is 5.69 Å². The Morgan fingerprint density at radius 1 is 1.58 bits per heavy atom. The Hall–Kier alpha value is -1.42. The van der Waals surface area contributed by atoms with Crippen LogP contribution in [0.5, 0.6) is 0 Å². The fourth-order valence-corrected chi connectivity index (χ4v) is 1.19. The Morgan fingerprint density at radius 2 is 2.42 bits per heavy atom. The van der Waals surface area contributed by atoms with Crippen LogP contribution in [0.15, 0.2) is 12.3 Å². The number of nitrogens with one attached hydrogen (secondary N) is 1. The van der Waals surface area contributed by atoms with E-state index >= 15 is 0 Å². The molecule has 2 rings (SSSR count). The van der Waals surface area contributed by atoms with Gasteiger partial charge in [-0.2, -0.15) is 5.10 Å². The predicted octanol–water partition coefficient (Wildman–Crippen LogP) is 0.725. The smallest absolute Gasteiger partial charge is 0.113 e. The molecule has 0 atom stereocenters. The van der Waals surface area contributed by atoms with E-state index in [0.717, 1.165) is 22.3 Å². The van der Waals surface area contributed by atoms with Crippen LogP contribution in [0.25, 0.3) is 11.0 Å². The lowest BCUT2D eigenvalue weighted by Crippen LogP contribution is -1.97. The SMILES string of the molecule is Cc1cnc2c(CN)[nH]nc2c1. The van der Waals surface area contributed by atoms with Crippen molar-refractivity contribution in [3.63, 3.8) is 0 Å². The van der Waals surface area contributed by atoms with Crippen molar-refractivity contribution in [1.29, 1.82) is 0 Å². The highest BCUT2D eigenvalue weighted by Crippen LogP contribution is 2.12. The minimum atomic E-state index is 0.451. The van der Waals surface area contributed by atoms with Crippen molar-refractivity contribution in [3.8, 4) is 0 Å². The Balaban J connectivity index is 2.73. The summed E-state index contributed by atoms with van der Waals surface area (Å²) in [4.78, 5) is 4.24. The molecule has 0 aliphatic heterocycles. The number of nitrogens with two attached hydrogens (primary N) is 1. The molecule has 0 spiro atoms. The number of fused-ring (bicyclic) bond motifs is 1. The zero-order valence-electron chi connectivity index (χ0n) is 6.83. The van der Waals surface area contributed by atoms with Crippen molar-refractivity contribution in [3.05, 3.63) is 23.5 Å². The second kappa shape index (κ2) is 2.57. The van der Waals surface area contributed by atoms with Gasteiger partial charge in [0, 0.05) is 12.7 Å². The zero-order chi connectivity index (χ0) is 8.55. The number of rotatable bonds is 1. The molecule has 0 radical (unpaired) electrons. The van der Waals surface area contributed by atoms with Crippen LogP contribution >= 0.6 is 0 Å². The van der Waals surface area contributed by atoms with E-state index in [1.54, 1.807) is 0 Å². The monoisotopic (exact) mass is 162 g/mol. The van der Waals surface area contributed by atoms with Gasteiger partial charge in [-0.1, -0.05) is 0 Å². The fraction of sp³-hybridized carbons (Fsp3) is 0.250. The third-order valence-electron chi connectivity index (χ3n) is 1.81. The predicted molar refractivity (Wildman–Crippen MR) is 46.5 cm³/mol. The Kier molecular flexibility index (Phi) is 1.55.